The predicted octanol–water partition coefficient (Wildman–Crippen LogP) is 8.41. The van der Waals surface area contributed by atoms with Crippen LogP contribution in [0, 0.1) is 22.7 Å². The van der Waals surface area contributed by atoms with Crippen LogP contribution in [0.3, 0.4) is 0 Å². The maximum atomic E-state index is 9.79. The maximum absolute atomic E-state index is 9.79. The van der Waals surface area contributed by atoms with Crippen LogP contribution in [0.1, 0.15) is 54.3 Å². The summed E-state index contributed by atoms with van der Waals surface area (Å²) in [6.45, 7) is 7.30. The van der Waals surface area contributed by atoms with Gasteiger partial charge >= 0.3 is 0 Å². The maximum Gasteiger partial charge on any atom is 0.134 e. The Bertz CT molecular complexity index is 1230. The van der Waals surface area contributed by atoms with Crippen LogP contribution in [0.2, 0.25) is 10.0 Å². The highest BCUT2D eigenvalue weighted by atomic mass is 35.5. The molecule has 0 N–H and O–H groups in total. The van der Waals surface area contributed by atoms with E-state index in [1.807, 2.05) is 36.5 Å². The van der Waals surface area contributed by atoms with E-state index in [0.29, 0.717) is 22.6 Å². The Morgan fingerprint density at radius 3 is 2.73 bits per heavy atom. The summed E-state index contributed by atoms with van der Waals surface area (Å²) >= 11 is 13.7. The molecular formula is C27H26Cl2N2OS. The lowest BCUT2D eigenvalue weighted by atomic mass is 9.72. The van der Waals surface area contributed by atoms with Crippen molar-refractivity contribution in [1.82, 2.24) is 0 Å². The second-order valence-corrected chi connectivity index (χ2v) is 11.4. The molecule has 1 aromatic heterocycles. The van der Waals surface area contributed by atoms with E-state index in [4.69, 9.17) is 32.9 Å². The van der Waals surface area contributed by atoms with Gasteiger partial charge in [-0.2, -0.15) is 5.26 Å². The lowest BCUT2D eigenvalue weighted by molar-refractivity contribution is 0.218. The molecule has 1 atom stereocenters. The fourth-order valence-corrected chi connectivity index (χ4v) is 5.67. The number of nitriles is 1. The fourth-order valence-electron chi connectivity index (χ4n) is 4.13. The Kier molecular flexibility index (Phi) is 7.14. The molecule has 1 heterocycles. The molecule has 6 heteroatoms. The fraction of sp³-hybridized carbons (Fsp3) is 0.333. The number of nitrogens with zero attached hydrogens (tertiary/aromatic N) is 2. The topological polar surface area (TPSA) is 45.4 Å². The number of hydrogen-bond donors (Lipinski definition) is 0. The van der Waals surface area contributed by atoms with E-state index in [1.165, 1.54) is 10.4 Å². The number of ether oxygens (including phenoxy) is 1. The molecule has 4 rings (SSSR count). The molecule has 1 aliphatic rings. The van der Waals surface area contributed by atoms with Crippen molar-refractivity contribution in [3.05, 3.63) is 79.6 Å². The molecule has 0 unspecified atom stereocenters. The standard InChI is InChI=1S/C27H26Cl2N2OS/c1-27(2,3)19-8-9-21-22(14-30)26(33-25(21)13-19)31-15-17-5-4-6-20(11-17)32-16-18-7-10-23(28)24(29)12-18/h4-7,10-12,15,19H,8-9,13,16H2,1-3H3/t19-/m1/s1. The van der Waals surface area contributed by atoms with Crippen LogP contribution < -0.4 is 4.74 Å². The normalized spacial score (nSPS) is 15.9. The van der Waals surface area contributed by atoms with Gasteiger partial charge in [-0.15, -0.1) is 11.3 Å². The van der Waals surface area contributed by atoms with Crippen LogP contribution in [-0.4, -0.2) is 6.21 Å². The molecule has 33 heavy (non-hydrogen) atoms. The Hall–Kier alpha value is -2.32. The van der Waals surface area contributed by atoms with Crippen LogP contribution in [0.4, 0.5) is 5.00 Å². The highest BCUT2D eigenvalue weighted by Gasteiger charge is 2.32. The number of rotatable bonds is 5. The van der Waals surface area contributed by atoms with Crippen LogP contribution >= 0.6 is 34.5 Å². The molecule has 3 aromatic rings. The quantitative estimate of drug-likeness (QED) is 0.332. The SMILES string of the molecule is CC(C)(C)[C@@H]1CCc2c(sc(N=Cc3cccc(OCc4ccc(Cl)c(Cl)c4)c3)c2C#N)C1. The van der Waals surface area contributed by atoms with Crippen molar-refractivity contribution in [2.45, 2.75) is 46.6 Å². The van der Waals surface area contributed by atoms with Gasteiger partial charge in [0.05, 0.1) is 15.6 Å². The highest BCUT2D eigenvalue weighted by Crippen LogP contribution is 2.44. The van der Waals surface area contributed by atoms with E-state index < -0.39 is 0 Å². The van der Waals surface area contributed by atoms with E-state index in [-0.39, 0.29) is 5.41 Å². The van der Waals surface area contributed by atoms with Gasteiger partial charge in [0, 0.05) is 11.1 Å². The minimum atomic E-state index is 0.274. The molecular weight excluding hydrogens is 471 g/mol. The molecule has 2 aromatic carbocycles. The third kappa shape index (κ3) is 5.61. The number of halogens is 2. The summed E-state index contributed by atoms with van der Waals surface area (Å²) < 4.78 is 5.92. The largest absolute Gasteiger partial charge is 0.489 e. The van der Waals surface area contributed by atoms with Crippen molar-refractivity contribution in [3.63, 3.8) is 0 Å². The monoisotopic (exact) mass is 496 g/mol. The van der Waals surface area contributed by atoms with Crippen LogP contribution in [0.5, 0.6) is 5.75 Å². The first-order chi connectivity index (χ1) is 15.7. The summed E-state index contributed by atoms with van der Waals surface area (Å²) in [7, 11) is 0. The lowest BCUT2D eigenvalue weighted by Gasteiger charge is -2.33. The van der Waals surface area contributed by atoms with Crippen LogP contribution in [0.15, 0.2) is 47.5 Å². The van der Waals surface area contributed by atoms with Gasteiger partial charge in [-0.3, -0.25) is 0 Å². The van der Waals surface area contributed by atoms with Crippen LogP contribution in [0.25, 0.3) is 0 Å². The first-order valence-corrected chi connectivity index (χ1v) is 12.6. The minimum Gasteiger partial charge on any atom is -0.489 e. The minimum absolute atomic E-state index is 0.274. The van der Waals surface area contributed by atoms with E-state index >= 15 is 0 Å². The average Bonchev–Trinajstić information content (AvgIpc) is 3.15. The second-order valence-electron chi connectivity index (χ2n) is 9.47. The molecule has 0 saturated carbocycles. The predicted molar refractivity (Wildman–Crippen MR) is 138 cm³/mol. The number of thiophene rings is 1. The Morgan fingerprint density at radius 2 is 2.00 bits per heavy atom. The van der Waals surface area contributed by atoms with Gasteiger partial charge in [0.15, 0.2) is 0 Å². The molecule has 0 saturated heterocycles. The van der Waals surface area contributed by atoms with Gasteiger partial charge in [0.25, 0.3) is 0 Å². The number of aliphatic imine (C=N–C) groups is 1. The molecule has 3 nitrogen and oxygen atoms in total. The Labute approximate surface area is 209 Å². The Morgan fingerprint density at radius 1 is 1.18 bits per heavy atom. The second kappa shape index (κ2) is 9.89. The zero-order valence-electron chi connectivity index (χ0n) is 19.0. The van der Waals surface area contributed by atoms with Crippen molar-refractivity contribution in [3.8, 4) is 11.8 Å². The summed E-state index contributed by atoms with van der Waals surface area (Å²) in [6.07, 6.45) is 4.94. The first-order valence-electron chi connectivity index (χ1n) is 11.0. The number of benzene rings is 2. The van der Waals surface area contributed by atoms with Gasteiger partial charge < -0.3 is 4.74 Å². The van der Waals surface area contributed by atoms with Crippen molar-refractivity contribution in [2.24, 2.45) is 16.3 Å². The number of fused-ring (bicyclic) bond motifs is 1. The van der Waals surface area contributed by atoms with Gasteiger partial charge in [-0.1, -0.05) is 62.2 Å². The van der Waals surface area contributed by atoms with Gasteiger partial charge in [-0.05, 0) is 71.6 Å². The van der Waals surface area contributed by atoms with Crippen LogP contribution in [-0.2, 0) is 19.4 Å². The van der Waals surface area contributed by atoms with Gasteiger partial charge in [0.1, 0.15) is 23.4 Å². The average molecular weight is 497 g/mol. The van der Waals surface area contributed by atoms with E-state index in [0.717, 1.165) is 46.7 Å². The van der Waals surface area contributed by atoms with E-state index in [9.17, 15) is 5.26 Å². The first kappa shape index (κ1) is 23.8. The zero-order valence-corrected chi connectivity index (χ0v) is 21.3. The van der Waals surface area contributed by atoms with Gasteiger partial charge in [-0.25, -0.2) is 4.99 Å². The summed E-state index contributed by atoms with van der Waals surface area (Å²) in [5.41, 5.74) is 4.08. The third-order valence-electron chi connectivity index (χ3n) is 6.16. The summed E-state index contributed by atoms with van der Waals surface area (Å²) in [5, 5.41) is 11.6. The molecule has 0 bridgehead atoms. The summed E-state index contributed by atoms with van der Waals surface area (Å²) in [4.78, 5) is 6.03. The molecule has 0 aliphatic heterocycles. The lowest BCUT2D eigenvalue weighted by Crippen LogP contribution is -2.26. The highest BCUT2D eigenvalue weighted by molar-refractivity contribution is 7.16. The molecule has 0 fully saturated rings. The van der Waals surface area contributed by atoms with E-state index in [1.54, 1.807) is 23.5 Å². The van der Waals surface area contributed by atoms with Crippen molar-refractivity contribution in [2.75, 3.05) is 0 Å². The smallest absolute Gasteiger partial charge is 0.134 e. The van der Waals surface area contributed by atoms with E-state index in [2.05, 4.69) is 26.8 Å². The van der Waals surface area contributed by atoms with Crippen molar-refractivity contribution < 1.29 is 4.74 Å². The molecule has 0 amide bonds. The number of hydrogen-bond acceptors (Lipinski definition) is 4. The van der Waals surface area contributed by atoms with Crippen molar-refractivity contribution in [1.29, 1.82) is 5.26 Å². The Balaban J connectivity index is 1.49. The van der Waals surface area contributed by atoms with Gasteiger partial charge in [0.2, 0.25) is 0 Å². The molecule has 0 radical (unpaired) electrons. The third-order valence-corrected chi connectivity index (χ3v) is 8.06. The molecule has 0 spiro atoms. The molecule has 1 aliphatic carbocycles. The molecule has 170 valence electrons. The summed E-state index contributed by atoms with van der Waals surface area (Å²) in [5.74, 6) is 1.38. The summed E-state index contributed by atoms with van der Waals surface area (Å²) in [6, 6.07) is 15.6. The van der Waals surface area contributed by atoms with Crippen molar-refractivity contribution >= 4 is 45.8 Å². The zero-order chi connectivity index (χ0) is 23.6.